The lowest BCUT2D eigenvalue weighted by Crippen LogP contribution is -2.32. The molecule has 1 aliphatic heterocycles. The number of aliphatic carboxylic acids is 1. The number of hydrogen-bond donors (Lipinski definition) is 2. The van der Waals surface area contributed by atoms with Gasteiger partial charge in [0.05, 0.1) is 17.4 Å². The number of aromatic nitrogens is 3. The van der Waals surface area contributed by atoms with E-state index in [1.165, 1.54) is 18.1 Å². The van der Waals surface area contributed by atoms with E-state index in [2.05, 4.69) is 44.3 Å². The van der Waals surface area contributed by atoms with Crippen LogP contribution in [0.25, 0.3) is 22.8 Å². The van der Waals surface area contributed by atoms with Crippen molar-refractivity contribution in [3.05, 3.63) is 82.2 Å². The van der Waals surface area contributed by atoms with E-state index in [0.29, 0.717) is 17.0 Å². The molecule has 2 N–H and O–H groups in total. The highest BCUT2D eigenvalue weighted by Crippen LogP contribution is 2.24. The number of carboxylic acid groups (broad SMARTS) is 1. The molecule has 12 heteroatoms. The molecule has 35 heavy (non-hydrogen) atoms. The third-order valence-corrected chi connectivity index (χ3v) is 5.21. The molecular weight excluding hydrogens is 469 g/mol. The zero-order valence-electron chi connectivity index (χ0n) is 18.1. The third-order valence-electron chi connectivity index (χ3n) is 5.21. The first-order chi connectivity index (χ1) is 16.7. The van der Waals surface area contributed by atoms with Crippen LogP contribution in [0.5, 0.6) is 0 Å². The standard InChI is InChI=1S/C21H18N4O3.C2HF3O2/c26-20-17(19-23-21(28-24-19)15-7-9-27-13-15)10-16-12-25(8-6-18(16)22-20)11-14-4-2-1-3-5-14;3-2(4,5)1(6)7/h1-5,7,9-10,13H,6,8,11-12H2,(H,22,26);(H,6,7). The SMILES string of the molecule is O=C(O)C(F)(F)F.O=c1[nH]c2c(cc1-c1noc(-c3ccoc3)n1)CN(Cc1ccccc1)CC2. The van der Waals surface area contributed by atoms with Crippen LogP contribution in [0, 0.1) is 0 Å². The number of pyridine rings is 1. The Balaban J connectivity index is 0.000000364. The van der Waals surface area contributed by atoms with Crippen LogP contribution in [0.1, 0.15) is 16.8 Å². The van der Waals surface area contributed by atoms with Gasteiger partial charge in [-0.15, -0.1) is 0 Å². The van der Waals surface area contributed by atoms with E-state index in [1.54, 1.807) is 6.07 Å². The van der Waals surface area contributed by atoms with Crippen molar-refractivity contribution in [2.45, 2.75) is 25.7 Å². The van der Waals surface area contributed by atoms with E-state index in [9.17, 15) is 18.0 Å². The van der Waals surface area contributed by atoms with Gasteiger partial charge in [0, 0.05) is 31.7 Å². The number of alkyl halides is 3. The summed E-state index contributed by atoms with van der Waals surface area (Å²) >= 11 is 0. The van der Waals surface area contributed by atoms with E-state index in [1.807, 2.05) is 12.1 Å². The molecular formula is C23H19F3N4O5. The molecule has 4 aromatic rings. The number of nitrogens with one attached hydrogen (secondary N) is 1. The Morgan fingerprint density at radius 1 is 1.20 bits per heavy atom. The Bertz CT molecular complexity index is 1350. The van der Waals surface area contributed by atoms with Gasteiger partial charge in [-0.3, -0.25) is 9.69 Å². The first-order valence-corrected chi connectivity index (χ1v) is 10.4. The molecule has 1 aromatic carbocycles. The average molecular weight is 488 g/mol. The molecule has 4 heterocycles. The lowest BCUT2D eigenvalue weighted by Gasteiger charge is -2.28. The molecule has 0 fully saturated rings. The number of halogens is 3. The molecule has 9 nitrogen and oxygen atoms in total. The Morgan fingerprint density at radius 2 is 1.94 bits per heavy atom. The number of benzene rings is 1. The van der Waals surface area contributed by atoms with Crippen molar-refractivity contribution in [2.75, 3.05) is 6.54 Å². The zero-order valence-corrected chi connectivity index (χ0v) is 18.1. The molecule has 0 atom stereocenters. The maximum absolute atomic E-state index is 12.6. The minimum atomic E-state index is -5.08. The first-order valence-electron chi connectivity index (χ1n) is 10.4. The maximum Gasteiger partial charge on any atom is 0.490 e. The van der Waals surface area contributed by atoms with Gasteiger partial charge in [-0.25, -0.2) is 4.79 Å². The number of fused-ring (bicyclic) bond motifs is 1. The summed E-state index contributed by atoms with van der Waals surface area (Å²) in [6.07, 6.45) is -1.22. The molecule has 0 bridgehead atoms. The van der Waals surface area contributed by atoms with Gasteiger partial charge in [0.15, 0.2) is 0 Å². The van der Waals surface area contributed by atoms with Gasteiger partial charge >= 0.3 is 12.1 Å². The van der Waals surface area contributed by atoms with Crippen LogP contribution in [-0.2, 0) is 24.3 Å². The number of rotatable bonds is 4. The van der Waals surface area contributed by atoms with E-state index < -0.39 is 12.1 Å². The molecule has 0 spiro atoms. The van der Waals surface area contributed by atoms with Crippen molar-refractivity contribution in [1.82, 2.24) is 20.0 Å². The molecule has 0 radical (unpaired) electrons. The average Bonchev–Trinajstić information content (AvgIpc) is 3.52. The fraction of sp³-hybridized carbons (Fsp3) is 0.217. The Kier molecular flexibility index (Phi) is 6.82. The largest absolute Gasteiger partial charge is 0.490 e. The Labute approximate surface area is 195 Å². The molecule has 3 aromatic heterocycles. The third kappa shape index (κ3) is 5.84. The van der Waals surface area contributed by atoms with Gasteiger partial charge < -0.3 is 19.0 Å². The van der Waals surface area contributed by atoms with Crippen molar-refractivity contribution in [3.8, 4) is 22.8 Å². The number of hydrogen-bond acceptors (Lipinski definition) is 7. The maximum atomic E-state index is 12.6. The van der Waals surface area contributed by atoms with Gasteiger partial charge in [0.1, 0.15) is 6.26 Å². The van der Waals surface area contributed by atoms with Gasteiger partial charge in [-0.2, -0.15) is 18.2 Å². The predicted octanol–water partition coefficient (Wildman–Crippen LogP) is 3.88. The number of furan rings is 1. The summed E-state index contributed by atoms with van der Waals surface area (Å²) in [5.41, 5.74) is 4.25. The molecule has 0 aliphatic carbocycles. The molecule has 0 unspecified atom stereocenters. The fourth-order valence-electron chi connectivity index (χ4n) is 3.54. The van der Waals surface area contributed by atoms with Gasteiger partial charge in [0.25, 0.3) is 11.4 Å². The second kappa shape index (κ2) is 9.97. The summed E-state index contributed by atoms with van der Waals surface area (Å²) in [6.45, 7) is 2.55. The lowest BCUT2D eigenvalue weighted by atomic mass is 10.0. The summed E-state index contributed by atoms with van der Waals surface area (Å²) in [7, 11) is 0. The van der Waals surface area contributed by atoms with Crippen LogP contribution in [0.15, 0.2) is 68.7 Å². The van der Waals surface area contributed by atoms with Crippen LogP contribution in [-0.4, -0.2) is 43.8 Å². The highest BCUT2D eigenvalue weighted by molar-refractivity contribution is 5.73. The Hall–Kier alpha value is -4.19. The molecule has 1 aliphatic rings. The van der Waals surface area contributed by atoms with E-state index >= 15 is 0 Å². The Morgan fingerprint density at radius 3 is 2.60 bits per heavy atom. The monoisotopic (exact) mass is 488 g/mol. The van der Waals surface area contributed by atoms with Crippen molar-refractivity contribution >= 4 is 5.97 Å². The second-order valence-corrected chi connectivity index (χ2v) is 7.70. The van der Waals surface area contributed by atoms with Crippen LogP contribution in [0.2, 0.25) is 0 Å². The summed E-state index contributed by atoms with van der Waals surface area (Å²) < 4.78 is 42.1. The number of nitrogens with zero attached hydrogens (tertiary/aromatic N) is 3. The summed E-state index contributed by atoms with van der Waals surface area (Å²) in [4.78, 5) is 31.2. The molecule has 0 saturated heterocycles. The van der Waals surface area contributed by atoms with Crippen molar-refractivity contribution in [3.63, 3.8) is 0 Å². The highest BCUT2D eigenvalue weighted by Gasteiger charge is 2.38. The van der Waals surface area contributed by atoms with Crippen LogP contribution >= 0.6 is 0 Å². The summed E-state index contributed by atoms with van der Waals surface area (Å²) in [5, 5.41) is 11.1. The fourth-order valence-corrected chi connectivity index (χ4v) is 3.54. The molecule has 0 saturated carbocycles. The zero-order chi connectivity index (χ0) is 25.0. The van der Waals surface area contributed by atoms with Gasteiger partial charge in [-0.1, -0.05) is 35.5 Å². The smallest absolute Gasteiger partial charge is 0.475 e. The predicted molar refractivity (Wildman–Crippen MR) is 116 cm³/mol. The highest BCUT2D eigenvalue weighted by atomic mass is 19.4. The minimum Gasteiger partial charge on any atom is -0.475 e. The molecule has 182 valence electrons. The van der Waals surface area contributed by atoms with Crippen molar-refractivity contribution in [2.24, 2.45) is 0 Å². The van der Waals surface area contributed by atoms with Crippen LogP contribution in [0.3, 0.4) is 0 Å². The van der Waals surface area contributed by atoms with Gasteiger partial charge in [0.2, 0.25) is 5.82 Å². The summed E-state index contributed by atoms with van der Waals surface area (Å²) in [5.74, 6) is -2.15. The molecule has 0 amide bonds. The lowest BCUT2D eigenvalue weighted by molar-refractivity contribution is -0.192. The quantitative estimate of drug-likeness (QED) is 0.443. The topological polar surface area (TPSA) is 125 Å². The number of carbonyl (C=O) groups is 1. The van der Waals surface area contributed by atoms with E-state index in [0.717, 1.165) is 37.3 Å². The van der Waals surface area contributed by atoms with Gasteiger partial charge in [-0.05, 0) is 23.3 Å². The summed E-state index contributed by atoms with van der Waals surface area (Å²) in [6, 6.07) is 14.0. The number of carboxylic acids is 1. The van der Waals surface area contributed by atoms with Crippen LogP contribution < -0.4 is 5.56 Å². The number of H-pyrrole nitrogens is 1. The normalized spacial score (nSPS) is 13.6. The molecule has 5 rings (SSSR count). The van der Waals surface area contributed by atoms with Crippen molar-refractivity contribution < 1.29 is 32.0 Å². The number of aromatic amines is 1. The van der Waals surface area contributed by atoms with E-state index in [4.69, 9.17) is 18.8 Å². The van der Waals surface area contributed by atoms with Crippen LogP contribution in [0.4, 0.5) is 13.2 Å². The minimum absolute atomic E-state index is 0.199. The van der Waals surface area contributed by atoms with Crippen molar-refractivity contribution in [1.29, 1.82) is 0 Å². The second-order valence-electron chi connectivity index (χ2n) is 7.70. The van der Waals surface area contributed by atoms with E-state index in [-0.39, 0.29) is 11.4 Å². The first kappa shape index (κ1) is 24.0.